The highest BCUT2D eigenvalue weighted by atomic mass is 19.1. The average molecular weight is 291 g/mol. The molecule has 0 saturated heterocycles. The molecule has 114 valence electrons. The predicted molar refractivity (Wildman–Crippen MR) is 78.7 cm³/mol. The maximum Gasteiger partial charge on any atom is 0.130 e. The van der Waals surface area contributed by atoms with Gasteiger partial charge in [0.15, 0.2) is 0 Å². The van der Waals surface area contributed by atoms with Gasteiger partial charge in [0.25, 0.3) is 0 Å². The lowest BCUT2D eigenvalue weighted by Gasteiger charge is -2.55. The number of hydrogen-bond acceptors (Lipinski definition) is 1. The standard InChI is InChI=1S/C18H23F2N/c1-10(16-3-2-15(19)9-17(16)20)21-18-13-5-11-4-12(7-13)8-14(18)6-11/h2-3,9-14,18,21H,4-8H2,1H3. The Labute approximate surface area is 125 Å². The Kier molecular flexibility index (Phi) is 3.29. The van der Waals surface area contributed by atoms with E-state index in [1.54, 1.807) is 6.07 Å². The van der Waals surface area contributed by atoms with Gasteiger partial charge in [-0.05, 0) is 68.8 Å². The summed E-state index contributed by atoms with van der Waals surface area (Å²) in [5.74, 6) is 2.50. The van der Waals surface area contributed by atoms with Crippen LogP contribution in [0.5, 0.6) is 0 Å². The molecule has 3 heteroatoms. The number of rotatable bonds is 3. The molecule has 5 rings (SSSR count). The molecule has 0 spiro atoms. The van der Waals surface area contributed by atoms with Gasteiger partial charge >= 0.3 is 0 Å². The second-order valence-corrected chi connectivity index (χ2v) is 7.51. The fourth-order valence-electron chi connectivity index (χ4n) is 5.43. The van der Waals surface area contributed by atoms with E-state index in [9.17, 15) is 8.78 Å². The van der Waals surface area contributed by atoms with Crippen molar-refractivity contribution in [2.45, 2.75) is 51.1 Å². The summed E-state index contributed by atoms with van der Waals surface area (Å²) in [5.41, 5.74) is 0.588. The normalized spacial score (nSPS) is 38.7. The molecule has 21 heavy (non-hydrogen) atoms. The van der Waals surface area contributed by atoms with Crippen LogP contribution in [0.15, 0.2) is 18.2 Å². The Bertz CT molecular complexity index is 514. The van der Waals surface area contributed by atoms with E-state index in [-0.39, 0.29) is 6.04 Å². The van der Waals surface area contributed by atoms with Crippen LogP contribution in [0.1, 0.15) is 50.6 Å². The van der Waals surface area contributed by atoms with E-state index in [0.717, 1.165) is 29.7 Å². The zero-order valence-corrected chi connectivity index (χ0v) is 12.5. The van der Waals surface area contributed by atoms with E-state index < -0.39 is 11.6 Å². The van der Waals surface area contributed by atoms with Crippen molar-refractivity contribution in [2.24, 2.45) is 23.7 Å². The summed E-state index contributed by atoms with van der Waals surface area (Å²) in [7, 11) is 0. The summed E-state index contributed by atoms with van der Waals surface area (Å²) in [6.45, 7) is 2.00. The quantitative estimate of drug-likeness (QED) is 0.868. The lowest BCUT2D eigenvalue weighted by molar-refractivity contribution is -0.0172. The van der Waals surface area contributed by atoms with Crippen LogP contribution in [-0.2, 0) is 0 Å². The van der Waals surface area contributed by atoms with Crippen LogP contribution < -0.4 is 5.32 Å². The highest BCUT2D eigenvalue weighted by Crippen LogP contribution is 2.54. The minimum absolute atomic E-state index is 0.0480. The minimum Gasteiger partial charge on any atom is -0.307 e. The number of nitrogens with one attached hydrogen (secondary N) is 1. The van der Waals surface area contributed by atoms with Crippen LogP contribution in [0.4, 0.5) is 8.78 Å². The Hall–Kier alpha value is -0.960. The van der Waals surface area contributed by atoms with Gasteiger partial charge in [-0.15, -0.1) is 0 Å². The smallest absolute Gasteiger partial charge is 0.130 e. The van der Waals surface area contributed by atoms with Crippen molar-refractivity contribution in [3.8, 4) is 0 Å². The summed E-state index contributed by atoms with van der Waals surface area (Å²) >= 11 is 0. The van der Waals surface area contributed by atoms with Gasteiger partial charge in [-0.25, -0.2) is 8.78 Å². The molecule has 0 amide bonds. The SMILES string of the molecule is CC(NC1C2CC3CC(C2)CC1C3)c1ccc(F)cc1F. The summed E-state index contributed by atoms with van der Waals surface area (Å²) in [6, 6.07) is 4.40. The molecule has 1 N–H and O–H groups in total. The average Bonchev–Trinajstić information content (AvgIpc) is 2.41. The van der Waals surface area contributed by atoms with E-state index in [4.69, 9.17) is 0 Å². The summed E-state index contributed by atoms with van der Waals surface area (Å²) < 4.78 is 27.0. The maximum absolute atomic E-state index is 13.9. The first kappa shape index (κ1) is 13.7. The van der Waals surface area contributed by atoms with Gasteiger partial charge in [0.1, 0.15) is 11.6 Å². The second-order valence-electron chi connectivity index (χ2n) is 7.51. The van der Waals surface area contributed by atoms with Gasteiger partial charge in [0, 0.05) is 23.7 Å². The third kappa shape index (κ3) is 2.40. The van der Waals surface area contributed by atoms with Gasteiger partial charge in [-0.3, -0.25) is 0 Å². The van der Waals surface area contributed by atoms with Crippen molar-refractivity contribution in [2.75, 3.05) is 0 Å². The molecule has 1 unspecified atom stereocenters. The lowest BCUT2D eigenvalue weighted by atomic mass is 9.54. The molecular weight excluding hydrogens is 268 g/mol. The van der Waals surface area contributed by atoms with Crippen LogP contribution in [0.2, 0.25) is 0 Å². The van der Waals surface area contributed by atoms with Crippen molar-refractivity contribution < 1.29 is 8.78 Å². The molecule has 0 radical (unpaired) electrons. The maximum atomic E-state index is 13.9. The number of hydrogen-bond donors (Lipinski definition) is 1. The Balaban J connectivity index is 1.50. The van der Waals surface area contributed by atoms with Crippen molar-refractivity contribution in [1.29, 1.82) is 0 Å². The predicted octanol–water partition coefficient (Wildman–Crippen LogP) is 4.44. The van der Waals surface area contributed by atoms with Gasteiger partial charge in [0.05, 0.1) is 0 Å². The summed E-state index contributed by atoms with van der Waals surface area (Å²) in [5, 5.41) is 3.68. The number of benzene rings is 1. The molecule has 4 saturated carbocycles. The van der Waals surface area contributed by atoms with E-state index in [1.165, 1.54) is 38.2 Å². The highest BCUT2D eigenvalue weighted by Gasteiger charge is 2.48. The zero-order valence-electron chi connectivity index (χ0n) is 12.5. The Morgan fingerprint density at radius 2 is 1.62 bits per heavy atom. The van der Waals surface area contributed by atoms with Crippen LogP contribution in [0.25, 0.3) is 0 Å². The first-order valence-corrected chi connectivity index (χ1v) is 8.31. The molecule has 0 heterocycles. The Morgan fingerprint density at radius 1 is 1.00 bits per heavy atom. The molecule has 0 aliphatic heterocycles. The molecule has 4 aliphatic carbocycles. The van der Waals surface area contributed by atoms with E-state index >= 15 is 0 Å². The van der Waals surface area contributed by atoms with Gasteiger partial charge in [-0.1, -0.05) is 6.07 Å². The van der Waals surface area contributed by atoms with Crippen molar-refractivity contribution in [1.82, 2.24) is 5.32 Å². The molecule has 1 aromatic rings. The molecule has 0 aromatic heterocycles. The lowest BCUT2D eigenvalue weighted by Crippen LogP contribution is -2.54. The molecule has 4 bridgehead atoms. The van der Waals surface area contributed by atoms with Crippen LogP contribution in [0.3, 0.4) is 0 Å². The van der Waals surface area contributed by atoms with Crippen molar-refractivity contribution >= 4 is 0 Å². The third-order valence-electron chi connectivity index (χ3n) is 6.10. The van der Waals surface area contributed by atoms with Gasteiger partial charge in [0.2, 0.25) is 0 Å². The third-order valence-corrected chi connectivity index (χ3v) is 6.10. The summed E-state index contributed by atoms with van der Waals surface area (Å²) in [6.07, 6.45) is 6.85. The van der Waals surface area contributed by atoms with Crippen LogP contribution in [0, 0.1) is 35.3 Å². The highest BCUT2D eigenvalue weighted by molar-refractivity contribution is 5.22. The molecule has 4 aliphatic rings. The van der Waals surface area contributed by atoms with Gasteiger partial charge < -0.3 is 5.32 Å². The van der Waals surface area contributed by atoms with Crippen LogP contribution >= 0.6 is 0 Å². The van der Waals surface area contributed by atoms with E-state index in [0.29, 0.717) is 11.6 Å². The fraction of sp³-hybridized carbons (Fsp3) is 0.667. The molecule has 1 nitrogen and oxygen atoms in total. The van der Waals surface area contributed by atoms with Gasteiger partial charge in [-0.2, -0.15) is 0 Å². The Morgan fingerprint density at radius 3 is 2.19 bits per heavy atom. The van der Waals surface area contributed by atoms with Crippen molar-refractivity contribution in [3.05, 3.63) is 35.4 Å². The molecule has 1 atom stereocenters. The fourth-order valence-corrected chi connectivity index (χ4v) is 5.43. The largest absolute Gasteiger partial charge is 0.307 e. The molecule has 4 fully saturated rings. The topological polar surface area (TPSA) is 12.0 Å². The second kappa shape index (κ2) is 5.05. The summed E-state index contributed by atoms with van der Waals surface area (Å²) in [4.78, 5) is 0. The van der Waals surface area contributed by atoms with E-state index in [1.807, 2.05) is 6.92 Å². The monoisotopic (exact) mass is 291 g/mol. The number of halogens is 2. The first-order chi connectivity index (χ1) is 10.1. The minimum atomic E-state index is -0.502. The first-order valence-electron chi connectivity index (χ1n) is 8.31. The van der Waals surface area contributed by atoms with Crippen molar-refractivity contribution in [3.63, 3.8) is 0 Å². The zero-order chi connectivity index (χ0) is 14.6. The van der Waals surface area contributed by atoms with Crippen LogP contribution in [-0.4, -0.2) is 6.04 Å². The molecular formula is C18H23F2N. The van der Waals surface area contributed by atoms with E-state index in [2.05, 4.69) is 5.32 Å². The molecule has 1 aromatic carbocycles.